The van der Waals surface area contributed by atoms with E-state index in [9.17, 15) is 9.59 Å². The number of aryl methyl sites for hydroxylation is 1. The van der Waals surface area contributed by atoms with Gasteiger partial charge in [-0.05, 0) is 50.1 Å². The number of hydrogen-bond donors (Lipinski definition) is 2. The summed E-state index contributed by atoms with van der Waals surface area (Å²) in [6.07, 6.45) is 1.93. The van der Waals surface area contributed by atoms with Crippen molar-refractivity contribution in [3.8, 4) is 0 Å². The summed E-state index contributed by atoms with van der Waals surface area (Å²) in [6.45, 7) is 5.65. The van der Waals surface area contributed by atoms with E-state index in [4.69, 9.17) is 0 Å². The average Bonchev–Trinajstić information content (AvgIpc) is 2.69. The first-order valence-electron chi connectivity index (χ1n) is 7.53. The highest BCUT2D eigenvalue weighted by molar-refractivity contribution is 6.05. The number of aromatic nitrogens is 1. The van der Waals surface area contributed by atoms with Gasteiger partial charge >= 0.3 is 0 Å². The fraction of sp³-hybridized carbons (Fsp3) is 0.278. The summed E-state index contributed by atoms with van der Waals surface area (Å²) in [6, 6.07) is 9.26. The number of amides is 2. The van der Waals surface area contributed by atoms with Crippen molar-refractivity contribution in [1.29, 1.82) is 0 Å². The summed E-state index contributed by atoms with van der Waals surface area (Å²) >= 11 is 0. The van der Waals surface area contributed by atoms with E-state index < -0.39 is 5.41 Å². The third kappa shape index (κ3) is 2.95. The number of carbonyl (C=O) groups excluding carboxylic acids is 2. The molecule has 1 aliphatic heterocycles. The molecule has 23 heavy (non-hydrogen) atoms. The molecule has 2 amide bonds. The van der Waals surface area contributed by atoms with Crippen LogP contribution in [-0.4, -0.2) is 16.8 Å². The molecule has 1 aromatic heterocycles. The number of pyridine rings is 1. The summed E-state index contributed by atoms with van der Waals surface area (Å²) in [5.41, 5.74) is 3.68. The Labute approximate surface area is 135 Å². The molecule has 1 aliphatic rings. The van der Waals surface area contributed by atoms with E-state index in [2.05, 4.69) is 15.6 Å². The van der Waals surface area contributed by atoms with Crippen LogP contribution in [0.15, 0.2) is 36.5 Å². The van der Waals surface area contributed by atoms with Crippen molar-refractivity contribution in [3.63, 3.8) is 0 Å². The minimum absolute atomic E-state index is 0.0126. The molecule has 0 fully saturated rings. The topological polar surface area (TPSA) is 71.1 Å². The van der Waals surface area contributed by atoms with E-state index in [0.717, 1.165) is 28.2 Å². The molecule has 3 rings (SSSR count). The van der Waals surface area contributed by atoms with E-state index in [1.165, 1.54) is 0 Å². The highest BCUT2D eigenvalue weighted by atomic mass is 16.2. The molecule has 5 nitrogen and oxygen atoms in total. The zero-order chi connectivity index (χ0) is 16.6. The number of carbonyl (C=O) groups is 2. The predicted molar refractivity (Wildman–Crippen MR) is 89.4 cm³/mol. The molecule has 0 saturated heterocycles. The van der Waals surface area contributed by atoms with Crippen molar-refractivity contribution in [1.82, 2.24) is 4.98 Å². The van der Waals surface area contributed by atoms with Gasteiger partial charge in [-0.3, -0.25) is 14.6 Å². The second-order valence-electron chi connectivity index (χ2n) is 6.37. The SMILES string of the molecule is Cc1cc(NC(=O)Cc2ccc3c(c2)C(C)(C)C(=O)N3)ccn1. The third-order valence-corrected chi connectivity index (χ3v) is 4.12. The number of rotatable bonds is 3. The predicted octanol–water partition coefficient (Wildman–Crippen LogP) is 2.80. The minimum atomic E-state index is -0.565. The molecule has 2 aromatic rings. The lowest BCUT2D eigenvalue weighted by atomic mass is 9.85. The molecule has 0 saturated carbocycles. The van der Waals surface area contributed by atoms with Crippen molar-refractivity contribution in [2.45, 2.75) is 32.6 Å². The van der Waals surface area contributed by atoms with Gasteiger partial charge in [0.1, 0.15) is 0 Å². The summed E-state index contributed by atoms with van der Waals surface area (Å²) in [5, 5.41) is 5.73. The maximum absolute atomic E-state index is 12.2. The highest BCUT2D eigenvalue weighted by Gasteiger charge is 2.38. The van der Waals surface area contributed by atoms with Crippen LogP contribution >= 0.6 is 0 Å². The molecule has 2 N–H and O–H groups in total. The van der Waals surface area contributed by atoms with Gasteiger partial charge < -0.3 is 10.6 Å². The Morgan fingerprint density at radius 3 is 2.78 bits per heavy atom. The Morgan fingerprint density at radius 2 is 2.04 bits per heavy atom. The van der Waals surface area contributed by atoms with Gasteiger partial charge in [-0.15, -0.1) is 0 Å². The quantitative estimate of drug-likeness (QED) is 0.916. The van der Waals surface area contributed by atoms with Gasteiger partial charge in [-0.25, -0.2) is 0 Å². The van der Waals surface area contributed by atoms with Crippen LogP contribution in [0.5, 0.6) is 0 Å². The lowest BCUT2D eigenvalue weighted by molar-refractivity contribution is -0.119. The van der Waals surface area contributed by atoms with Gasteiger partial charge in [0.15, 0.2) is 0 Å². The van der Waals surface area contributed by atoms with Crippen molar-refractivity contribution in [3.05, 3.63) is 53.3 Å². The molecule has 118 valence electrons. The first-order chi connectivity index (χ1) is 10.9. The van der Waals surface area contributed by atoms with Crippen LogP contribution in [0.4, 0.5) is 11.4 Å². The number of fused-ring (bicyclic) bond motifs is 1. The number of anilines is 2. The number of benzene rings is 1. The molecule has 0 unspecified atom stereocenters. The van der Waals surface area contributed by atoms with Crippen LogP contribution in [0, 0.1) is 6.92 Å². The van der Waals surface area contributed by atoms with Crippen molar-refractivity contribution >= 4 is 23.2 Å². The van der Waals surface area contributed by atoms with Gasteiger partial charge in [0.2, 0.25) is 11.8 Å². The van der Waals surface area contributed by atoms with E-state index >= 15 is 0 Å². The van der Waals surface area contributed by atoms with Crippen LogP contribution in [0.3, 0.4) is 0 Å². The van der Waals surface area contributed by atoms with Crippen molar-refractivity contribution < 1.29 is 9.59 Å². The minimum Gasteiger partial charge on any atom is -0.326 e. The monoisotopic (exact) mass is 309 g/mol. The first kappa shape index (κ1) is 15.2. The smallest absolute Gasteiger partial charge is 0.234 e. The maximum atomic E-state index is 12.2. The molecule has 5 heteroatoms. The normalized spacial score (nSPS) is 15.0. The van der Waals surface area contributed by atoms with Crippen LogP contribution < -0.4 is 10.6 Å². The Hall–Kier alpha value is -2.69. The molecule has 0 bridgehead atoms. The summed E-state index contributed by atoms with van der Waals surface area (Å²) in [7, 11) is 0. The molecular formula is C18H19N3O2. The lowest BCUT2D eigenvalue weighted by Crippen LogP contribution is -2.27. The van der Waals surface area contributed by atoms with E-state index in [1.807, 2.05) is 45.0 Å². The number of hydrogen-bond acceptors (Lipinski definition) is 3. The van der Waals surface area contributed by atoms with E-state index in [1.54, 1.807) is 12.3 Å². The summed E-state index contributed by atoms with van der Waals surface area (Å²) in [5.74, 6) is -0.105. The first-order valence-corrected chi connectivity index (χ1v) is 7.53. The molecule has 0 atom stereocenters. The van der Waals surface area contributed by atoms with E-state index in [0.29, 0.717) is 0 Å². The zero-order valence-electron chi connectivity index (χ0n) is 13.4. The molecule has 2 heterocycles. The number of nitrogens with zero attached hydrogens (tertiary/aromatic N) is 1. The van der Waals surface area contributed by atoms with Gasteiger partial charge in [-0.1, -0.05) is 12.1 Å². The van der Waals surface area contributed by atoms with Crippen molar-refractivity contribution in [2.24, 2.45) is 0 Å². The van der Waals surface area contributed by atoms with Crippen LogP contribution in [0.25, 0.3) is 0 Å². The fourth-order valence-electron chi connectivity index (χ4n) is 2.74. The third-order valence-electron chi connectivity index (χ3n) is 4.12. The van der Waals surface area contributed by atoms with Crippen LogP contribution in [-0.2, 0) is 21.4 Å². The Balaban J connectivity index is 1.76. The molecule has 0 radical (unpaired) electrons. The Morgan fingerprint density at radius 1 is 1.26 bits per heavy atom. The largest absolute Gasteiger partial charge is 0.326 e. The summed E-state index contributed by atoms with van der Waals surface area (Å²) in [4.78, 5) is 28.3. The fourth-order valence-corrected chi connectivity index (χ4v) is 2.74. The molecular weight excluding hydrogens is 290 g/mol. The van der Waals surface area contributed by atoms with E-state index in [-0.39, 0.29) is 18.2 Å². The average molecular weight is 309 g/mol. The molecule has 0 spiro atoms. The second kappa shape index (κ2) is 5.50. The maximum Gasteiger partial charge on any atom is 0.234 e. The van der Waals surface area contributed by atoms with Gasteiger partial charge in [-0.2, -0.15) is 0 Å². The molecule has 0 aliphatic carbocycles. The van der Waals surface area contributed by atoms with Gasteiger partial charge in [0.05, 0.1) is 11.8 Å². The Bertz CT molecular complexity index is 797. The highest BCUT2D eigenvalue weighted by Crippen LogP contribution is 2.37. The summed E-state index contributed by atoms with van der Waals surface area (Å²) < 4.78 is 0. The van der Waals surface area contributed by atoms with Gasteiger partial charge in [0, 0.05) is 23.3 Å². The Kier molecular flexibility index (Phi) is 3.64. The van der Waals surface area contributed by atoms with Crippen molar-refractivity contribution in [2.75, 3.05) is 10.6 Å². The zero-order valence-corrected chi connectivity index (χ0v) is 13.4. The standard InChI is InChI=1S/C18H19N3O2/c1-11-8-13(6-7-19-11)20-16(22)10-12-4-5-15-14(9-12)18(2,3)17(23)21-15/h4-9H,10H2,1-3H3,(H,21,23)(H,19,20,22). The van der Waals surface area contributed by atoms with Crippen LogP contribution in [0.2, 0.25) is 0 Å². The molecule has 1 aromatic carbocycles. The number of nitrogens with one attached hydrogen (secondary N) is 2. The lowest BCUT2D eigenvalue weighted by Gasteiger charge is -2.15. The second-order valence-corrected chi connectivity index (χ2v) is 6.37. The van der Waals surface area contributed by atoms with Gasteiger partial charge in [0.25, 0.3) is 0 Å². The van der Waals surface area contributed by atoms with Crippen LogP contribution in [0.1, 0.15) is 30.7 Å².